The fraction of sp³-hybridized carbons (Fsp3) is 0.174. The number of hydrogen-bond acceptors (Lipinski definition) is 2. The topological polar surface area (TPSA) is 24.9 Å². The van der Waals surface area contributed by atoms with Gasteiger partial charge >= 0.3 is 0 Å². The van der Waals surface area contributed by atoms with Crippen molar-refractivity contribution in [1.82, 2.24) is 10.3 Å². The van der Waals surface area contributed by atoms with Crippen molar-refractivity contribution in [2.45, 2.75) is 18.9 Å². The molecule has 1 aromatic heterocycles. The zero-order chi connectivity index (χ0) is 17.8. The predicted octanol–water partition coefficient (Wildman–Crippen LogP) is 4.88. The van der Waals surface area contributed by atoms with Gasteiger partial charge in [-0.2, -0.15) is 0 Å². The zero-order valence-corrected chi connectivity index (χ0v) is 14.5. The molecule has 1 atom stereocenters. The Morgan fingerprint density at radius 1 is 0.923 bits per heavy atom. The number of benzene rings is 2. The summed E-state index contributed by atoms with van der Waals surface area (Å²) in [6.07, 6.45) is 7.02. The van der Waals surface area contributed by atoms with E-state index >= 15 is 0 Å². The molecule has 0 saturated carbocycles. The second-order valence-corrected chi connectivity index (χ2v) is 6.63. The third-order valence-corrected chi connectivity index (χ3v) is 4.87. The van der Waals surface area contributed by atoms with E-state index in [0.717, 1.165) is 30.5 Å². The Morgan fingerprint density at radius 2 is 1.62 bits per heavy atom. The van der Waals surface area contributed by atoms with E-state index < -0.39 is 0 Å². The number of nitrogens with one attached hydrogen (secondary N) is 1. The van der Waals surface area contributed by atoms with Gasteiger partial charge < -0.3 is 5.32 Å². The highest BCUT2D eigenvalue weighted by Crippen LogP contribution is 2.29. The lowest BCUT2D eigenvalue weighted by atomic mass is 9.90. The van der Waals surface area contributed by atoms with Crippen LogP contribution in [0.4, 0.5) is 4.39 Å². The molecule has 0 radical (unpaired) electrons. The van der Waals surface area contributed by atoms with Crippen LogP contribution in [0.2, 0.25) is 0 Å². The van der Waals surface area contributed by atoms with Crippen molar-refractivity contribution in [2.24, 2.45) is 0 Å². The molecule has 0 fully saturated rings. The van der Waals surface area contributed by atoms with Crippen LogP contribution in [0.5, 0.6) is 0 Å². The van der Waals surface area contributed by atoms with E-state index in [2.05, 4.69) is 40.6 Å². The van der Waals surface area contributed by atoms with Gasteiger partial charge in [0.25, 0.3) is 0 Å². The Kier molecular flexibility index (Phi) is 4.89. The molecule has 2 nitrogen and oxygen atoms in total. The van der Waals surface area contributed by atoms with E-state index in [9.17, 15) is 4.39 Å². The molecule has 0 spiro atoms. The normalized spacial score (nSPS) is 17.0. The fourth-order valence-electron chi connectivity index (χ4n) is 3.63. The van der Waals surface area contributed by atoms with E-state index in [0.29, 0.717) is 5.56 Å². The molecule has 3 heteroatoms. The van der Waals surface area contributed by atoms with Crippen LogP contribution in [0.1, 0.15) is 17.5 Å². The maximum Gasteiger partial charge on any atom is 0.149 e. The second kappa shape index (κ2) is 7.63. The van der Waals surface area contributed by atoms with Crippen molar-refractivity contribution in [3.8, 4) is 11.1 Å². The summed E-state index contributed by atoms with van der Waals surface area (Å²) in [5.41, 5.74) is 5.12. The SMILES string of the molecule is Fc1cncc(CC2CC(c3ccccc3)=CCN2)c1-c1ccccc1. The van der Waals surface area contributed by atoms with Gasteiger partial charge in [-0.15, -0.1) is 0 Å². The molecule has 130 valence electrons. The van der Waals surface area contributed by atoms with E-state index in [-0.39, 0.29) is 11.9 Å². The molecule has 1 aliphatic heterocycles. The number of hydrogen-bond donors (Lipinski definition) is 1. The molecule has 1 aliphatic rings. The number of aromatic nitrogens is 1. The number of halogens is 1. The van der Waals surface area contributed by atoms with Gasteiger partial charge in [0, 0.05) is 24.3 Å². The van der Waals surface area contributed by atoms with Gasteiger partial charge in [-0.25, -0.2) is 4.39 Å². The molecule has 3 aromatic rings. The maximum atomic E-state index is 14.5. The van der Waals surface area contributed by atoms with Gasteiger partial charge in [-0.05, 0) is 35.1 Å². The first kappa shape index (κ1) is 16.7. The number of nitrogens with zero attached hydrogens (tertiary/aromatic N) is 1. The average molecular weight is 344 g/mol. The Balaban J connectivity index is 1.59. The van der Waals surface area contributed by atoms with Gasteiger partial charge in [0.1, 0.15) is 5.82 Å². The van der Waals surface area contributed by atoms with Gasteiger partial charge in [0.15, 0.2) is 0 Å². The first-order valence-corrected chi connectivity index (χ1v) is 8.97. The molecule has 1 N–H and O–H groups in total. The fourth-order valence-corrected chi connectivity index (χ4v) is 3.63. The lowest BCUT2D eigenvalue weighted by molar-refractivity contribution is 0.530. The lowest BCUT2D eigenvalue weighted by Gasteiger charge is -2.25. The monoisotopic (exact) mass is 344 g/mol. The van der Waals surface area contributed by atoms with Crippen LogP contribution in [-0.2, 0) is 6.42 Å². The summed E-state index contributed by atoms with van der Waals surface area (Å²) in [7, 11) is 0. The Labute approximate surface area is 153 Å². The largest absolute Gasteiger partial charge is 0.310 e. The van der Waals surface area contributed by atoms with E-state index in [4.69, 9.17) is 0 Å². The molecular weight excluding hydrogens is 323 g/mol. The minimum atomic E-state index is -0.261. The maximum absolute atomic E-state index is 14.5. The molecule has 2 heterocycles. The van der Waals surface area contributed by atoms with Crippen LogP contribution in [-0.4, -0.2) is 17.6 Å². The summed E-state index contributed by atoms with van der Waals surface area (Å²) in [5.74, 6) is -0.261. The summed E-state index contributed by atoms with van der Waals surface area (Å²) in [4.78, 5) is 4.10. The van der Waals surface area contributed by atoms with Gasteiger partial charge in [-0.1, -0.05) is 66.7 Å². The molecule has 0 amide bonds. The van der Waals surface area contributed by atoms with E-state index in [1.807, 2.05) is 36.4 Å². The summed E-state index contributed by atoms with van der Waals surface area (Å²) < 4.78 is 14.5. The summed E-state index contributed by atoms with van der Waals surface area (Å²) >= 11 is 0. The molecule has 0 saturated heterocycles. The molecule has 4 rings (SSSR count). The highest BCUT2D eigenvalue weighted by Gasteiger charge is 2.20. The third kappa shape index (κ3) is 3.58. The van der Waals surface area contributed by atoms with E-state index in [1.165, 1.54) is 17.3 Å². The van der Waals surface area contributed by atoms with Crippen molar-refractivity contribution in [2.75, 3.05) is 6.54 Å². The van der Waals surface area contributed by atoms with Gasteiger partial charge in [-0.3, -0.25) is 4.98 Å². The molecule has 2 aromatic carbocycles. The summed E-state index contributed by atoms with van der Waals surface area (Å²) in [6.45, 7) is 0.832. The standard InChI is InChI=1S/C23H21FN2/c24-22-16-25-15-20(23(22)18-9-5-2-6-10-18)14-21-13-19(11-12-26-21)17-7-3-1-4-8-17/h1-11,15-16,21,26H,12-14H2. The van der Waals surface area contributed by atoms with Crippen LogP contribution in [0.15, 0.2) is 79.1 Å². The lowest BCUT2D eigenvalue weighted by Crippen LogP contribution is -2.34. The first-order chi connectivity index (χ1) is 12.8. The second-order valence-electron chi connectivity index (χ2n) is 6.63. The van der Waals surface area contributed by atoms with Gasteiger partial charge in [0.05, 0.1) is 6.20 Å². The average Bonchev–Trinajstić information content (AvgIpc) is 2.70. The minimum absolute atomic E-state index is 0.261. The number of pyridine rings is 1. The molecule has 0 aliphatic carbocycles. The van der Waals surface area contributed by atoms with Gasteiger partial charge in [0.2, 0.25) is 0 Å². The minimum Gasteiger partial charge on any atom is -0.310 e. The van der Waals surface area contributed by atoms with Crippen LogP contribution in [0, 0.1) is 5.82 Å². The molecule has 26 heavy (non-hydrogen) atoms. The highest BCUT2D eigenvalue weighted by molar-refractivity contribution is 5.69. The van der Waals surface area contributed by atoms with Crippen molar-refractivity contribution < 1.29 is 4.39 Å². The highest BCUT2D eigenvalue weighted by atomic mass is 19.1. The quantitative estimate of drug-likeness (QED) is 0.730. The Hall–Kier alpha value is -2.78. The van der Waals surface area contributed by atoms with Crippen molar-refractivity contribution in [3.05, 3.63) is 96.1 Å². The van der Waals surface area contributed by atoms with Crippen LogP contribution < -0.4 is 5.32 Å². The smallest absolute Gasteiger partial charge is 0.149 e. The van der Waals surface area contributed by atoms with Crippen molar-refractivity contribution in [1.29, 1.82) is 0 Å². The third-order valence-electron chi connectivity index (χ3n) is 4.87. The predicted molar refractivity (Wildman–Crippen MR) is 104 cm³/mol. The van der Waals surface area contributed by atoms with Crippen LogP contribution in [0.3, 0.4) is 0 Å². The van der Waals surface area contributed by atoms with Crippen molar-refractivity contribution in [3.63, 3.8) is 0 Å². The molecule has 1 unspecified atom stereocenters. The number of rotatable bonds is 4. The van der Waals surface area contributed by atoms with Crippen LogP contribution in [0.25, 0.3) is 16.7 Å². The Morgan fingerprint density at radius 3 is 2.35 bits per heavy atom. The molecular formula is C23H21FN2. The Bertz CT molecular complexity index is 904. The van der Waals surface area contributed by atoms with Crippen LogP contribution >= 0.6 is 0 Å². The molecule has 0 bridgehead atoms. The van der Waals surface area contributed by atoms with E-state index in [1.54, 1.807) is 6.20 Å². The van der Waals surface area contributed by atoms with Crippen molar-refractivity contribution >= 4 is 5.57 Å². The zero-order valence-electron chi connectivity index (χ0n) is 14.5. The summed E-state index contributed by atoms with van der Waals surface area (Å²) in [5, 5.41) is 3.54. The summed E-state index contributed by atoms with van der Waals surface area (Å²) in [6, 6.07) is 20.4. The first-order valence-electron chi connectivity index (χ1n) is 8.97.